The lowest BCUT2D eigenvalue weighted by atomic mass is 10.1. The molecule has 11 heteroatoms. The Balaban J connectivity index is 1.47. The number of benzene rings is 2. The number of hydrogen-bond donors (Lipinski definition) is 2. The number of carbonyl (C=O) groups is 2. The summed E-state index contributed by atoms with van der Waals surface area (Å²) in [6.07, 6.45) is 0.504. The molecule has 1 aliphatic heterocycles. The molecule has 3 aromatic rings. The lowest BCUT2D eigenvalue weighted by Gasteiger charge is -2.11. The zero-order valence-corrected chi connectivity index (χ0v) is 18.5. The van der Waals surface area contributed by atoms with E-state index in [2.05, 4.69) is 15.7 Å². The Hall–Kier alpha value is -3.73. The van der Waals surface area contributed by atoms with Gasteiger partial charge in [0, 0.05) is 12.1 Å². The molecule has 2 heterocycles. The molecule has 9 nitrogen and oxygen atoms in total. The van der Waals surface area contributed by atoms with Crippen molar-refractivity contribution in [3.05, 3.63) is 71.2 Å². The number of sulfone groups is 1. The van der Waals surface area contributed by atoms with Crippen LogP contribution in [0.2, 0.25) is 0 Å². The molecule has 0 saturated heterocycles. The smallest absolute Gasteiger partial charge is 0.314 e. The highest BCUT2D eigenvalue weighted by atomic mass is 32.2. The zero-order valence-electron chi connectivity index (χ0n) is 17.7. The number of amides is 2. The van der Waals surface area contributed by atoms with E-state index in [9.17, 15) is 22.4 Å². The molecule has 33 heavy (non-hydrogen) atoms. The summed E-state index contributed by atoms with van der Waals surface area (Å²) in [6.45, 7) is 0.224. The van der Waals surface area contributed by atoms with E-state index in [1.165, 1.54) is 28.9 Å². The third-order valence-electron chi connectivity index (χ3n) is 5.16. The maximum absolute atomic E-state index is 13.3. The summed E-state index contributed by atoms with van der Waals surface area (Å²) in [7, 11) is -1.82. The van der Waals surface area contributed by atoms with Crippen LogP contribution >= 0.6 is 0 Å². The van der Waals surface area contributed by atoms with Gasteiger partial charge >= 0.3 is 11.8 Å². The van der Waals surface area contributed by atoms with Crippen LogP contribution in [-0.2, 0) is 37.4 Å². The maximum Gasteiger partial charge on any atom is 0.314 e. The van der Waals surface area contributed by atoms with E-state index < -0.39 is 27.5 Å². The first-order valence-electron chi connectivity index (χ1n) is 10.0. The highest BCUT2D eigenvalue weighted by molar-refractivity contribution is 7.90. The number of rotatable bonds is 6. The zero-order chi connectivity index (χ0) is 23.6. The van der Waals surface area contributed by atoms with E-state index in [1.54, 1.807) is 19.2 Å². The maximum atomic E-state index is 13.3. The molecule has 2 amide bonds. The van der Waals surface area contributed by atoms with Gasteiger partial charge in [0.1, 0.15) is 17.4 Å². The average Bonchev–Trinajstić information content (AvgIpc) is 3.26. The topological polar surface area (TPSA) is 119 Å². The molecule has 0 spiro atoms. The van der Waals surface area contributed by atoms with E-state index in [0.717, 1.165) is 11.3 Å². The van der Waals surface area contributed by atoms with Crippen LogP contribution in [0.15, 0.2) is 48.5 Å². The molecule has 0 bridgehead atoms. The van der Waals surface area contributed by atoms with Crippen LogP contribution < -0.4 is 15.4 Å². The third-order valence-corrected chi connectivity index (χ3v) is 6.60. The highest BCUT2D eigenvalue weighted by Crippen LogP contribution is 2.32. The SMILES string of the molecule is COc1ccc(CCNC(=O)C(=O)Nc2c3c(nn2-c2ccc(F)cc2)CS(=O)(=O)C3)cc1. The van der Waals surface area contributed by atoms with E-state index in [0.29, 0.717) is 17.7 Å². The van der Waals surface area contributed by atoms with Crippen LogP contribution in [0, 0.1) is 5.82 Å². The molecule has 0 radical (unpaired) electrons. The molecular weight excluding hydrogens is 451 g/mol. The second-order valence-electron chi connectivity index (χ2n) is 7.50. The lowest BCUT2D eigenvalue weighted by Crippen LogP contribution is -2.37. The van der Waals surface area contributed by atoms with Crippen LogP contribution in [0.4, 0.5) is 10.2 Å². The Morgan fingerprint density at radius 1 is 1.06 bits per heavy atom. The standard InChI is InChI=1S/C22H21FN4O5S/c1-32-17-8-2-14(3-9-17)10-11-24-21(28)22(29)25-20-18-12-33(30,31)13-19(18)26-27(20)16-6-4-15(23)5-7-16/h2-9H,10-13H2,1H3,(H,24,28)(H,25,29). The van der Waals surface area contributed by atoms with Crippen molar-refractivity contribution in [2.24, 2.45) is 0 Å². The lowest BCUT2D eigenvalue weighted by molar-refractivity contribution is -0.136. The van der Waals surface area contributed by atoms with Gasteiger partial charge < -0.3 is 15.4 Å². The summed E-state index contributed by atoms with van der Waals surface area (Å²) < 4.78 is 43.8. The van der Waals surface area contributed by atoms with Crippen LogP contribution in [0.25, 0.3) is 5.69 Å². The minimum atomic E-state index is -3.39. The quantitative estimate of drug-likeness (QED) is 0.528. The largest absolute Gasteiger partial charge is 0.497 e. The number of ether oxygens (including phenoxy) is 1. The normalized spacial score (nSPS) is 13.9. The van der Waals surface area contributed by atoms with E-state index in [4.69, 9.17) is 4.74 Å². The van der Waals surface area contributed by atoms with Gasteiger partial charge in [-0.25, -0.2) is 17.5 Å². The van der Waals surface area contributed by atoms with Gasteiger partial charge in [-0.15, -0.1) is 0 Å². The molecule has 0 unspecified atom stereocenters. The van der Waals surface area contributed by atoms with Crippen molar-refractivity contribution in [3.63, 3.8) is 0 Å². The van der Waals surface area contributed by atoms with E-state index >= 15 is 0 Å². The van der Waals surface area contributed by atoms with Crippen LogP contribution in [0.3, 0.4) is 0 Å². The number of nitrogens with one attached hydrogen (secondary N) is 2. The summed E-state index contributed by atoms with van der Waals surface area (Å²) in [5.74, 6) is -2.07. The average molecular weight is 472 g/mol. The van der Waals surface area contributed by atoms with Gasteiger partial charge in [-0.1, -0.05) is 12.1 Å². The minimum Gasteiger partial charge on any atom is -0.497 e. The van der Waals surface area contributed by atoms with E-state index in [1.807, 2.05) is 12.1 Å². The Kier molecular flexibility index (Phi) is 6.14. The predicted molar refractivity (Wildman–Crippen MR) is 118 cm³/mol. The summed E-state index contributed by atoms with van der Waals surface area (Å²) in [4.78, 5) is 24.9. The molecule has 0 atom stereocenters. The number of aromatic nitrogens is 2. The fourth-order valence-electron chi connectivity index (χ4n) is 3.50. The van der Waals surface area contributed by atoms with Gasteiger partial charge in [-0.05, 0) is 48.4 Å². The van der Waals surface area contributed by atoms with Crippen molar-refractivity contribution in [3.8, 4) is 11.4 Å². The summed E-state index contributed by atoms with van der Waals surface area (Å²) >= 11 is 0. The van der Waals surface area contributed by atoms with Crippen molar-refractivity contribution >= 4 is 27.5 Å². The molecular formula is C22H21FN4O5S. The van der Waals surface area contributed by atoms with Crippen molar-refractivity contribution in [1.29, 1.82) is 0 Å². The number of nitrogens with zero attached hydrogens (tertiary/aromatic N) is 2. The highest BCUT2D eigenvalue weighted by Gasteiger charge is 2.33. The molecule has 172 valence electrons. The van der Waals surface area contributed by atoms with Crippen molar-refractivity contribution < 1.29 is 27.1 Å². The number of anilines is 1. The number of hydrogen-bond acceptors (Lipinski definition) is 6. The van der Waals surface area contributed by atoms with Crippen molar-refractivity contribution in [2.45, 2.75) is 17.9 Å². The van der Waals surface area contributed by atoms with Gasteiger partial charge in [-0.3, -0.25) is 9.59 Å². The second kappa shape index (κ2) is 9.02. The third kappa shape index (κ3) is 5.03. The first kappa shape index (κ1) is 22.5. The molecule has 0 aliphatic carbocycles. The van der Waals surface area contributed by atoms with E-state index in [-0.39, 0.29) is 29.6 Å². The summed E-state index contributed by atoms with van der Waals surface area (Å²) in [5, 5.41) is 9.30. The van der Waals surface area contributed by atoms with Gasteiger partial charge in [-0.2, -0.15) is 5.10 Å². The molecule has 0 saturated carbocycles. The van der Waals surface area contributed by atoms with Gasteiger partial charge in [0.15, 0.2) is 9.84 Å². The van der Waals surface area contributed by atoms with Crippen molar-refractivity contribution in [2.75, 3.05) is 19.0 Å². The summed E-state index contributed by atoms with van der Waals surface area (Å²) in [6, 6.07) is 12.6. The van der Waals surface area contributed by atoms with Crippen molar-refractivity contribution in [1.82, 2.24) is 15.1 Å². The second-order valence-corrected chi connectivity index (χ2v) is 9.57. The Morgan fingerprint density at radius 3 is 2.42 bits per heavy atom. The molecule has 1 aromatic heterocycles. The van der Waals surface area contributed by atoms with Gasteiger partial charge in [0.25, 0.3) is 0 Å². The predicted octanol–water partition coefficient (Wildman–Crippen LogP) is 1.75. The molecule has 0 fully saturated rings. The van der Waals surface area contributed by atoms with Crippen LogP contribution in [0.5, 0.6) is 5.75 Å². The van der Waals surface area contributed by atoms with Gasteiger partial charge in [0.05, 0.1) is 30.0 Å². The monoisotopic (exact) mass is 472 g/mol. The fraction of sp³-hybridized carbons (Fsp3) is 0.227. The molecule has 1 aliphatic rings. The first-order chi connectivity index (χ1) is 15.8. The van der Waals surface area contributed by atoms with Crippen LogP contribution in [-0.4, -0.2) is 43.7 Å². The first-order valence-corrected chi connectivity index (χ1v) is 11.9. The number of halogens is 1. The molecule has 2 N–H and O–H groups in total. The fourth-order valence-corrected chi connectivity index (χ4v) is 4.99. The van der Waals surface area contributed by atoms with Gasteiger partial charge in [0.2, 0.25) is 0 Å². The Labute approximate surface area is 189 Å². The minimum absolute atomic E-state index is 0.0768. The Bertz CT molecular complexity index is 1300. The Morgan fingerprint density at radius 2 is 1.76 bits per heavy atom. The molecule has 4 rings (SSSR count). The summed E-state index contributed by atoms with van der Waals surface area (Å²) in [5.41, 5.74) is 1.97. The number of methoxy groups -OCH3 is 1. The number of fused-ring (bicyclic) bond motifs is 1. The molecule has 2 aromatic carbocycles. The van der Waals surface area contributed by atoms with Crippen LogP contribution in [0.1, 0.15) is 16.8 Å². The number of carbonyl (C=O) groups excluding carboxylic acids is 2.